The normalized spacial score (nSPS) is 15.0. The van der Waals surface area contributed by atoms with Crippen LogP contribution in [0.5, 0.6) is 0 Å². The van der Waals surface area contributed by atoms with Crippen molar-refractivity contribution < 1.29 is 9.59 Å². The van der Waals surface area contributed by atoms with Crippen molar-refractivity contribution in [3.8, 4) is 11.4 Å². The number of nitrogens with one attached hydrogen (secondary N) is 1. The summed E-state index contributed by atoms with van der Waals surface area (Å²) in [7, 11) is 1.94. The van der Waals surface area contributed by atoms with E-state index in [1.807, 2.05) is 61.9 Å². The molecule has 0 aliphatic carbocycles. The monoisotopic (exact) mass is 407 g/mol. The van der Waals surface area contributed by atoms with Crippen LogP contribution >= 0.6 is 12.2 Å². The molecule has 1 aliphatic heterocycles. The van der Waals surface area contributed by atoms with Crippen molar-refractivity contribution in [3.05, 3.63) is 47.7 Å². The predicted molar refractivity (Wildman–Crippen MR) is 116 cm³/mol. The van der Waals surface area contributed by atoms with Gasteiger partial charge < -0.3 is 9.55 Å². The molecule has 0 atom stereocenters. The number of fused-ring (bicyclic) bond motifs is 1. The van der Waals surface area contributed by atoms with E-state index < -0.39 is 0 Å². The number of nitrogens with zero attached hydrogens (tertiary/aromatic N) is 4. The minimum atomic E-state index is -0.371. The highest BCUT2D eigenvalue weighted by molar-refractivity contribution is 7.80. The van der Waals surface area contributed by atoms with Crippen LogP contribution in [0, 0.1) is 0 Å². The molecule has 1 aliphatic rings. The Morgan fingerprint density at radius 2 is 1.69 bits per heavy atom. The fraction of sp³-hybridized carbons (Fsp3) is 0.238. The lowest BCUT2D eigenvalue weighted by molar-refractivity contribution is -0.133. The number of hydrogen-bond acceptors (Lipinski definition) is 4. The largest absolute Gasteiger partial charge is 0.338 e. The second-order valence-electron chi connectivity index (χ2n) is 6.76. The van der Waals surface area contributed by atoms with E-state index in [1.165, 1.54) is 9.80 Å². The summed E-state index contributed by atoms with van der Waals surface area (Å²) in [6, 6.07) is 11.8. The summed E-state index contributed by atoms with van der Waals surface area (Å²) in [5, 5.41) is 0.257. The second kappa shape index (κ2) is 7.29. The highest BCUT2D eigenvalue weighted by Gasteiger charge is 2.37. The maximum absolute atomic E-state index is 12.8. The van der Waals surface area contributed by atoms with E-state index in [0.717, 1.165) is 16.9 Å². The first-order valence-electron chi connectivity index (χ1n) is 9.46. The first-order valence-corrected chi connectivity index (χ1v) is 9.87. The lowest BCUT2D eigenvalue weighted by Gasteiger charge is -2.35. The van der Waals surface area contributed by atoms with Crippen LogP contribution in [-0.2, 0) is 16.6 Å². The number of aryl methyl sites for hydroxylation is 1. The van der Waals surface area contributed by atoms with E-state index in [1.54, 1.807) is 6.08 Å². The molecule has 1 fully saturated rings. The van der Waals surface area contributed by atoms with Crippen LogP contribution in [-0.4, -0.2) is 54.4 Å². The van der Waals surface area contributed by atoms with Gasteiger partial charge in [-0.15, -0.1) is 0 Å². The fourth-order valence-corrected chi connectivity index (χ4v) is 3.97. The number of aromatic amines is 1. The minimum Gasteiger partial charge on any atom is -0.338 e. The molecule has 1 N–H and O–H groups in total. The van der Waals surface area contributed by atoms with Gasteiger partial charge in [0.2, 0.25) is 0 Å². The minimum absolute atomic E-state index is 0.0946. The molecule has 2 amide bonds. The van der Waals surface area contributed by atoms with Gasteiger partial charge in [-0.2, -0.15) is 0 Å². The molecule has 0 spiro atoms. The molecule has 148 valence electrons. The molecule has 1 aromatic carbocycles. The van der Waals surface area contributed by atoms with Crippen molar-refractivity contribution in [1.29, 1.82) is 0 Å². The van der Waals surface area contributed by atoms with Crippen LogP contribution < -0.4 is 0 Å². The van der Waals surface area contributed by atoms with Gasteiger partial charge >= 0.3 is 0 Å². The molecule has 1 saturated heterocycles. The molecule has 0 saturated carbocycles. The van der Waals surface area contributed by atoms with Gasteiger partial charge in [0.05, 0.1) is 5.52 Å². The average molecular weight is 407 g/mol. The highest BCUT2D eigenvalue weighted by Crippen LogP contribution is 2.26. The molecule has 0 bridgehead atoms. The summed E-state index contributed by atoms with van der Waals surface area (Å²) in [4.78, 5) is 36.4. The fourth-order valence-electron chi connectivity index (χ4n) is 3.55. The van der Waals surface area contributed by atoms with Gasteiger partial charge in [-0.3, -0.25) is 19.4 Å². The van der Waals surface area contributed by atoms with Crippen molar-refractivity contribution in [2.24, 2.45) is 7.05 Å². The number of carbonyl (C=O) groups is 2. The number of H-pyrrole nitrogens is 1. The quantitative estimate of drug-likeness (QED) is 0.410. The number of thiocarbonyl (C=S) groups is 1. The number of imidazole rings is 1. The maximum Gasteiger partial charge on any atom is 0.265 e. The Labute approximate surface area is 173 Å². The SMILES string of the molecule is CCN1C(=O)C(=Cc2cc3c(nc(-c4ccccc4)n3C)[nH]2)C(=O)N(CC)C1=S. The summed E-state index contributed by atoms with van der Waals surface area (Å²) in [5.74, 6) is 0.100. The number of carbonyl (C=O) groups excluding carboxylic acids is 2. The van der Waals surface area contributed by atoms with E-state index in [9.17, 15) is 9.59 Å². The van der Waals surface area contributed by atoms with Crippen LogP contribution in [0.15, 0.2) is 42.0 Å². The van der Waals surface area contributed by atoms with Crippen LogP contribution in [0.25, 0.3) is 28.6 Å². The Bertz CT molecular complexity index is 1130. The Kier molecular flexibility index (Phi) is 4.79. The molecule has 0 unspecified atom stereocenters. The first-order chi connectivity index (χ1) is 14.0. The smallest absolute Gasteiger partial charge is 0.265 e. The van der Waals surface area contributed by atoms with Crippen molar-refractivity contribution in [3.63, 3.8) is 0 Å². The van der Waals surface area contributed by atoms with Gasteiger partial charge in [0.1, 0.15) is 11.4 Å². The van der Waals surface area contributed by atoms with E-state index >= 15 is 0 Å². The van der Waals surface area contributed by atoms with Crippen molar-refractivity contribution in [2.75, 3.05) is 13.1 Å². The molecule has 3 aromatic rings. The molecule has 29 heavy (non-hydrogen) atoms. The van der Waals surface area contributed by atoms with Crippen molar-refractivity contribution in [2.45, 2.75) is 13.8 Å². The summed E-state index contributed by atoms with van der Waals surface area (Å²) in [6.45, 7) is 4.49. The maximum atomic E-state index is 12.8. The number of rotatable bonds is 4. The Morgan fingerprint density at radius 3 is 2.24 bits per heavy atom. The molecule has 0 radical (unpaired) electrons. The van der Waals surface area contributed by atoms with Crippen molar-refractivity contribution >= 4 is 46.4 Å². The highest BCUT2D eigenvalue weighted by atomic mass is 32.1. The molecule has 4 rings (SSSR count). The number of hydrogen-bond donors (Lipinski definition) is 1. The van der Waals surface area contributed by atoms with Crippen LogP contribution in [0.1, 0.15) is 19.5 Å². The van der Waals surface area contributed by atoms with Crippen LogP contribution in [0.3, 0.4) is 0 Å². The topological polar surface area (TPSA) is 74.2 Å². The van der Waals surface area contributed by atoms with Gasteiger partial charge in [0.15, 0.2) is 10.8 Å². The van der Waals surface area contributed by atoms with Crippen molar-refractivity contribution in [1.82, 2.24) is 24.3 Å². The third-order valence-electron chi connectivity index (χ3n) is 5.07. The number of amides is 2. The van der Waals surface area contributed by atoms with Gasteiger partial charge in [0, 0.05) is 31.4 Å². The zero-order valence-electron chi connectivity index (χ0n) is 16.5. The van der Waals surface area contributed by atoms with E-state index in [-0.39, 0.29) is 22.5 Å². The van der Waals surface area contributed by atoms with Gasteiger partial charge in [-0.05, 0) is 38.2 Å². The summed E-state index contributed by atoms with van der Waals surface area (Å²) in [6.07, 6.45) is 1.58. The predicted octanol–water partition coefficient (Wildman–Crippen LogP) is 2.95. The lowest BCUT2D eigenvalue weighted by Crippen LogP contribution is -2.55. The first kappa shape index (κ1) is 19.1. The van der Waals surface area contributed by atoms with Gasteiger partial charge in [-0.25, -0.2) is 4.98 Å². The zero-order valence-corrected chi connectivity index (χ0v) is 17.3. The van der Waals surface area contributed by atoms with Gasteiger partial charge in [0.25, 0.3) is 11.8 Å². The molecule has 3 heterocycles. The Morgan fingerprint density at radius 1 is 1.07 bits per heavy atom. The average Bonchev–Trinajstić information content (AvgIpc) is 3.25. The Balaban J connectivity index is 1.75. The third kappa shape index (κ3) is 3.05. The number of aromatic nitrogens is 3. The number of benzene rings is 1. The lowest BCUT2D eigenvalue weighted by atomic mass is 10.1. The second-order valence-corrected chi connectivity index (χ2v) is 7.12. The third-order valence-corrected chi connectivity index (χ3v) is 5.51. The molecule has 7 nitrogen and oxygen atoms in total. The summed E-state index contributed by atoms with van der Waals surface area (Å²) in [5.41, 5.74) is 3.35. The number of likely N-dealkylation sites (N-methyl/N-ethyl adjacent to an activating group) is 2. The molecule has 8 heteroatoms. The molecular formula is C21H21N5O2S. The van der Waals surface area contributed by atoms with Crippen LogP contribution in [0.4, 0.5) is 0 Å². The molecular weight excluding hydrogens is 386 g/mol. The van der Waals surface area contributed by atoms with E-state index in [4.69, 9.17) is 12.2 Å². The van der Waals surface area contributed by atoms with Crippen LogP contribution in [0.2, 0.25) is 0 Å². The molecule has 2 aromatic heterocycles. The van der Waals surface area contributed by atoms with E-state index in [0.29, 0.717) is 24.4 Å². The zero-order chi connectivity index (χ0) is 20.7. The standard InChI is InChI=1S/C21H21N5O2S/c1-4-25-19(27)15(20(28)26(5-2)21(25)29)11-14-12-16-17(22-14)23-18(24(16)3)13-9-7-6-8-10-13/h6-12,22H,4-5H2,1-3H3. The summed E-state index contributed by atoms with van der Waals surface area (Å²) < 4.78 is 1.99. The Hall–Kier alpha value is -3.26. The summed E-state index contributed by atoms with van der Waals surface area (Å²) >= 11 is 5.30. The van der Waals surface area contributed by atoms with E-state index in [2.05, 4.69) is 9.97 Å². The van der Waals surface area contributed by atoms with Gasteiger partial charge in [-0.1, -0.05) is 30.3 Å².